The molecule has 0 spiro atoms. The van der Waals surface area contributed by atoms with Crippen LogP contribution in [0, 0.1) is 6.92 Å². The second kappa shape index (κ2) is 8.21. The van der Waals surface area contributed by atoms with Crippen molar-refractivity contribution in [3.63, 3.8) is 0 Å². The highest BCUT2D eigenvalue weighted by Gasteiger charge is 2.45. The number of anilines is 1. The van der Waals surface area contributed by atoms with Gasteiger partial charge in [-0.05, 0) is 54.4 Å². The van der Waals surface area contributed by atoms with Gasteiger partial charge in [-0.1, -0.05) is 54.3 Å². The minimum absolute atomic E-state index is 0.0477. The summed E-state index contributed by atoms with van der Waals surface area (Å²) >= 11 is 1.42. The van der Waals surface area contributed by atoms with Crippen molar-refractivity contribution < 1.29 is 13.9 Å². The normalized spacial score (nSPS) is 15.1. The SMILES string of the molecule is C=CCOc1cccc(C2c3c(oc4ccccc4c3=O)C(=O)N2c2nc3ccc(C)cc3s2)c1. The molecule has 0 radical (unpaired) electrons. The predicted molar refractivity (Wildman–Crippen MR) is 138 cm³/mol. The first-order valence-electron chi connectivity index (χ1n) is 11.2. The third-order valence-corrected chi connectivity index (χ3v) is 7.08. The van der Waals surface area contributed by atoms with E-state index in [1.807, 2.05) is 49.4 Å². The van der Waals surface area contributed by atoms with Gasteiger partial charge in [0.1, 0.15) is 17.9 Å². The van der Waals surface area contributed by atoms with Crippen molar-refractivity contribution in [1.29, 1.82) is 0 Å². The number of rotatable bonds is 5. The lowest BCUT2D eigenvalue weighted by Crippen LogP contribution is -2.29. The molecule has 1 aliphatic heterocycles. The summed E-state index contributed by atoms with van der Waals surface area (Å²) < 4.78 is 12.7. The van der Waals surface area contributed by atoms with Gasteiger partial charge >= 0.3 is 0 Å². The number of hydrogen-bond acceptors (Lipinski definition) is 6. The van der Waals surface area contributed by atoms with Crippen LogP contribution in [0.2, 0.25) is 0 Å². The van der Waals surface area contributed by atoms with Crippen LogP contribution in [0.3, 0.4) is 0 Å². The lowest BCUT2D eigenvalue weighted by Gasteiger charge is -2.23. The number of aryl methyl sites for hydroxylation is 1. The zero-order valence-electron chi connectivity index (χ0n) is 18.9. The van der Waals surface area contributed by atoms with Crippen LogP contribution in [0.5, 0.6) is 5.75 Å². The predicted octanol–water partition coefficient (Wildman–Crippen LogP) is 6.03. The van der Waals surface area contributed by atoms with Crippen molar-refractivity contribution in [2.75, 3.05) is 11.5 Å². The van der Waals surface area contributed by atoms with Crippen molar-refractivity contribution in [3.8, 4) is 5.75 Å². The summed E-state index contributed by atoms with van der Waals surface area (Å²) in [6, 6.07) is 19.7. The van der Waals surface area contributed by atoms with E-state index >= 15 is 0 Å². The summed E-state index contributed by atoms with van der Waals surface area (Å²) in [4.78, 5) is 33.8. The average Bonchev–Trinajstić information content (AvgIpc) is 3.41. The fourth-order valence-electron chi connectivity index (χ4n) is 4.48. The fourth-order valence-corrected chi connectivity index (χ4v) is 5.58. The number of para-hydroxylation sites is 1. The summed E-state index contributed by atoms with van der Waals surface area (Å²) in [5.74, 6) is 0.279. The highest BCUT2D eigenvalue weighted by Crippen LogP contribution is 2.44. The first kappa shape index (κ1) is 21.3. The number of thiazole rings is 1. The Labute approximate surface area is 204 Å². The van der Waals surface area contributed by atoms with E-state index < -0.39 is 6.04 Å². The molecule has 1 atom stereocenters. The van der Waals surface area contributed by atoms with Crippen LogP contribution in [0.4, 0.5) is 5.13 Å². The summed E-state index contributed by atoms with van der Waals surface area (Å²) in [6.45, 7) is 6.06. The maximum absolute atomic E-state index is 13.8. The molecule has 1 aliphatic rings. The third-order valence-electron chi connectivity index (χ3n) is 6.06. The molecule has 7 heteroatoms. The largest absolute Gasteiger partial charge is 0.490 e. The Morgan fingerprint density at radius 1 is 1.11 bits per heavy atom. The monoisotopic (exact) mass is 480 g/mol. The van der Waals surface area contributed by atoms with Gasteiger partial charge in [-0.2, -0.15) is 0 Å². The summed E-state index contributed by atoms with van der Waals surface area (Å²) in [6.07, 6.45) is 1.66. The molecular weight excluding hydrogens is 460 g/mol. The molecule has 1 unspecified atom stereocenters. The van der Waals surface area contributed by atoms with Crippen LogP contribution < -0.4 is 15.1 Å². The third kappa shape index (κ3) is 3.43. The van der Waals surface area contributed by atoms with Crippen LogP contribution >= 0.6 is 11.3 Å². The molecule has 0 N–H and O–H groups in total. The van der Waals surface area contributed by atoms with Gasteiger partial charge in [0, 0.05) is 0 Å². The highest BCUT2D eigenvalue weighted by atomic mass is 32.1. The van der Waals surface area contributed by atoms with Crippen LogP contribution in [0.1, 0.15) is 33.3 Å². The lowest BCUT2D eigenvalue weighted by atomic mass is 9.98. The zero-order chi connectivity index (χ0) is 24.1. The molecule has 5 aromatic rings. The van der Waals surface area contributed by atoms with E-state index in [0.717, 1.165) is 21.3 Å². The number of amides is 1. The topological polar surface area (TPSA) is 72.6 Å². The van der Waals surface area contributed by atoms with Crippen LogP contribution in [-0.4, -0.2) is 17.5 Å². The summed E-state index contributed by atoms with van der Waals surface area (Å²) in [7, 11) is 0. The Kier molecular flexibility index (Phi) is 5.00. The first-order valence-corrected chi connectivity index (χ1v) is 12.0. The quantitative estimate of drug-likeness (QED) is 0.287. The van der Waals surface area contributed by atoms with Gasteiger partial charge in [-0.25, -0.2) is 4.98 Å². The molecule has 1 amide bonds. The molecule has 3 heterocycles. The second-order valence-electron chi connectivity index (χ2n) is 8.39. The number of ether oxygens (including phenoxy) is 1. The molecule has 0 bridgehead atoms. The maximum Gasteiger partial charge on any atom is 0.297 e. The van der Waals surface area contributed by atoms with E-state index in [4.69, 9.17) is 14.1 Å². The van der Waals surface area contributed by atoms with E-state index in [0.29, 0.717) is 34.0 Å². The Morgan fingerprint density at radius 3 is 2.83 bits per heavy atom. The van der Waals surface area contributed by atoms with Crippen LogP contribution in [0.25, 0.3) is 21.2 Å². The molecule has 0 saturated carbocycles. The number of carbonyl (C=O) groups excluding carboxylic acids is 1. The number of benzene rings is 3. The molecule has 0 saturated heterocycles. The number of carbonyl (C=O) groups is 1. The van der Waals surface area contributed by atoms with Gasteiger partial charge in [0.25, 0.3) is 5.91 Å². The average molecular weight is 481 g/mol. The first-order chi connectivity index (χ1) is 17.0. The van der Waals surface area contributed by atoms with Gasteiger partial charge in [0.05, 0.1) is 27.2 Å². The fraction of sp³-hybridized carbons (Fsp3) is 0.107. The second-order valence-corrected chi connectivity index (χ2v) is 9.40. The van der Waals surface area contributed by atoms with E-state index in [1.165, 1.54) is 11.3 Å². The zero-order valence-corrected chi connectivity index (χ0v) is 19.7. The Balaban J connectivity index is 1.60. The van der Waals surface area contributed by atoms with Gasteiger partial charge in [0.15, 0.2) is 10.6 Å². The van der Waals surface area contributed by atoms with Gasteiger partial charge in [-0.3, -0.25) is 14.5 Å². The van der Waals surface area contributed by atoms with Crippen molar-refractivity contribution in [2.24, 2.45) is 0 Å². The Hall–Kier alpha value is -4.23. The van der Waals surface area contributed by atoms with Gasteiger partial charge in [-0.15, -0.1) is 0 Å². The van der Waals surface area contributed by atoms with E-state index in [-0.39, 0.29) is 17.1 Å². The number of fused-ring (bicyclic) bond motifs is 3. The van der Waals surface area contributed by atoms with Crippen LogP contribution in [0.15, 0.2) is 88.6 Å². The Bertz CT molecular complexity index is 1700. The van der Waals surface area contributed by atoms with Crippen molar-refractivity contribution in [1.82, 2.24) is 4.98 Å². The number of aromatic nitrogens is 1. The lowest BCUT2D eigenvalue weighted by molar-refractivity contribution is 0.0971. The minimum atomic E-state index is -0.702. The van der Waals surface area contributed by atoms with Crippen molar-refractivity contribution in [3.05, 3.63) is 112 Å². The molecule has 6 rings (SSSR count). The molecule has 3 aromatic carbocycles. The summed E-state index contributed by atoms with van der Waals surface area (Å²) in [5, 5.41) is 0.942. The standard InChI is InChI=1S/C28H20N2O4S/c1-3-13-33-18-8-6-7-17(15-18)24-23-25(31)19-9-4-5-10-21(19)34-26(23)27(32)30(24)28-29-20-12-11-16(2)14-22(20)35-28/h3-12,14-15,24H,1,13H2,2H3. The molecular formula is C28H20N2O4S. The summed E-state index contributed by atoms with van der Waals surface area (Å²) in [5.41, 5.74) is 3.10. The van der Waals surface area contributed by atoms with Crippen LogP contribution in [-0.2, 0) is 0 Å². The Morgan fingerprint density at radius 2 is 1.97 bits per heavy atom. The molecule has 0 fully saturated rings. The van der Waals surface area contributed by atoms with E-state index in [1.54, 1.807) is 35.2 Å². The van der Waals surface area contributed by atoms with Gasteiger partial charge in [0.2, 0.25) is 5.76 Å². The molecule has 0 aliphatic carbocycles. The molecule has 2 aromatic heterocycles. The maximum atomic E-state index is 13.8. The van der Waals surface area contributed by atoms with Gasteiger partial charge < -0.3 is 9.15 Å². The molecule has 172 valence electrons. The van der Waals surface area contributed by atoms with E-state index in [9.17, 15) is 9.59 Å². The number of nitrogens with zero attached hydrogens (tertiary/aromatic N) is 2. The van der Waals surface area contributed by atoms with E-state index in [2.05, 4.69) is 6.58 Å². The van der Waals surface area contributed by atoms with Crippen molar-refractivity contribution >= 4 is 43.6 Å². The van der Waals surface area contributed by atoms with Crippen molar-refractivity contribution in [2.45, 2.75) is 13.0 Å². The highest BCUT2D eigenvalue weighted by molar-refractivity contribution is 7.22. The number of hydrogen-bond donors (Lipinski definition) is 0. The minimum Gasteiger partial charge on any atom is -0.490 e. The molecule has 6 nitrogen and oxygen atoms in total. The molecule has 35 heavy (non-hydrogen) atoms. The smallest absolute Gasteiger partial charge is 0.297 e.